The highest BCUT2D eigenvalue weighted by molar-refractivity contribution is 6.01. The van der Waals surface area contributed by atoms with Gasteiger partial charge in [0.25, 0.3) is 0 Å². The minimum absolute atomic E-state index is 0.144. The molecule has 1 saturated carbocycles. The first-order valence-electron chi connectivity index (χ1n) is 8.91. The lowest BCUT2D eigenvalue weighted by atomic mass is 9.58. The van der Waals surface area contributed by atoms with Gasteiger partial charge in [0.05, 0.1) is 0 Å². The molecular weight excluding hydrogens is 284 g/mol. The number of aliphatic hydroxyl groups excluding tert-OH is 1. The molecule has 4 atom stereocenters. The van der Waals surface area contributed by atoms with Crippen LogP contribution in [-0.2, 0) is 4.79 Å². The third-order valence-electron chi connectivity index (χ3n) is 6.92. The monoisotopic (exact) mass is 316 g/mol. The number of ketones is 1. The molecule has 0 amide bonds. The van der Waals surface area contributed by atoms with E-state index in [1.165, 1.54) is 11.1 Å². The second-order valence-corrected chi connectivity index (χ2v) is 7.93. The second kappa shape index (κ2) is 6.39. The first-order chi connectivity index (χ1) is 10.7. The van der Waals surface area contributed by atoms with E-state index in [-0.39, 0.29) is 23.4 Å². The zero-order valence-electron chi connectivity index (χ0n) is 15.2. The topological polar surface area (TPSA) is 37.3 Å². The van der Waals surface area contributed by atoms with Crippen molar-refractivity contribution in [1.82, 2.24) is 0 Å². The summed E-state index contributed by atoms with van der Waals surface area (Å²) in [5.74, 6) is 1.01. The summed E-state index contributed by atoms with van der Waals surface area (Å²) in [6.45, 7) is 17.3. The Morgan fingerprint density at radius 2 is 2.17 bits per heavy atom. The third kappa shape index (κ3) is 2.76. The maximum absolute atomic E-state index is 12.6. The highest BCUT2D eigenvalue weighted by Crippen LogP contribution is 2.58. The molecule has 0 aromatic carbocycles. The summed E-state index contributed by atoms with van der Waals surface area (Å²) in [4.78, 5) is 12.6. The number of fused-ring (bicyclic) bond motifs is 1. The van der Waals surface area contributed by atoms with Crippen molar-refractivity contribution in [2.45, 2.75) is 59.8 Å². The number of hydrogen-bond donors (Lipinski definition) is 1. The summed E-state index contributed by atoms with van der Waals surface area (Å²) in [5, 5.41) is 9.44. The van der Waals surface area contributed by atoms with Crippen LogP contribution in [0, 0.1) is 22.7 Å². The minimum Gasteiger partial charge on any atom is -0.396 e. The Labute approximate surface area is 141 Å². The molecule has 1 fully saturated rings. The van der Waals surface area contributed by atoms with Crippen molar-refractivity contribution in [3.8, 4) is 0 Å². The molecule has 0 radical (unpaired) electrons. The number of hydrogen-bond acceptors (Lipinski definition) is 2. The molecule has 23 heavy (non-hydrogen) atoms. The largest absolute Gasteiger partial charge is 0.396 e. The lowest BCUT2D eigenvalue weighted by Gasteiger charge is -2.45. The van der Waals surface area contributed by atoms with Crippen LogP contribution in [0.2, 0.25) is 0 Å². The number of aliphatic hydroxyl groups is 1. The summed E-state index contributed by atoms with van der Waals surface area (Å²) in [6.07, 6.45) is 6.33. The molecule has 0 aliphatic heterocycles. The standard InChI is InChI=1S/C21H32O2/c1-7-20(6,12-13-22)16(4)17(5)21-10-8-14(2)15(3)19(21)18(23)9-11-21/h7,14,16,22H,1,5,8-13H2,2-4,6H3. The van der Waals surface area contributed by atoms with Crippen molar-refractivity contribution in [2.75, 3.05) is 6.61 Å². The summed E-state index contributed by atoms with van der Waals surface area (Å²) in [7, 11) is 0. The molecule has 2 aliphatic rings. The molecule has 0 saturated heterocycles. The van der Waals surface area contributed by atoms with E-state index in [4.69, 9.17) is 0 Å². The van der Waals surface area contributed by atoms with Gasteiger partial charge in [0.2, 0.25) is 0 Å². The molecule has 0 bridgehead atoms. The zero-order chi connectivity index (χ0) is 17.4. The van der Waals surface area contributed by atoms with E-state index < -0.39 is 0 Å². The van der Waals surface area contributed by atoms with Crippen LogP contribution in [0.3, 0.4) is 0 Å². The number of carbonyl (C=O) groups excluding carboxylic acids is 1. The highest BCUT2D eigenvalue weighted by atomic mass is 16.3. The van der Waals surface area contributed by atoms with Gasteiger partial charge < -0.3 is 5.11 Å². The van der Waals surface area contributed by atoms with Gasteiger partial charge in [-0.15, -0.1) is 6.58 Å². The Kier molecular flexibility index (Phi) is 5.06. The fourth-order valence-electron chi connectivity index (χ4n) is 4.65. The summed E-state index contributed by atoms with van der Waals surface area (Å²) >= 11 is 0. The van der Waals surface area contributed by atoms with Crippen LogP contribution in [0.1, 0.15) is 59.8 Å². The zero-order valence-corrected chi connectivity index (χ0v) is 15.2. The molecule has 1 N–H and O–H groups in total. The first-order valence-corrected chi connectivity index (χ1v) is 8.91. The molecule has 2 nitrogen and oxygen atoms in total. The van der Waals surface area contributed by atoms with E-state index in [2.05, 4.69) is 40.9 Å². The molecule has 2 rings (SSSR count). The minimum atomic E-state index is -0.186. The van der Waals surface area contributed by atoms with E-state index in [9.17, 15) is 9.90 Å². The molecule has 0 spiro atoms. The molecule has 2 heteroatoms. The van der Waals surface area contributed by atoms with Gasteiger partial charge in [-0.1, -0.05) is 44.6 Å². The predicted molar refractivity (Wildman–Crippen MR) is 96.1 cm³/mol. The van der Waals surface area contributed by atoms with E-state index in [0.29, 0.717) is 24.5 Å². The van der Waals surface area contributed by atoms with Crippen molar-refractivity contribution >= 4 is 5.78 Å². The fourth-order valence-corrected chi connectivity index (χ4v) is 4.65. The van der Waals surface area contributed by atoms with Gasteiger partial charge in [-0.3, -0.25) is 4.79 Å². The van der Waals surface area contributed by atoms with Crippen LogP contribution in [0.25, 0.3) is 0 Å². The normalized spacial score (nSPS) is 31.5. The average molecular weight is 316 g/mol. The number of rotatable bonds is 6. The molecule has 0 heterocycles. The quantitative estimate of drug-likeness (QED) is 0.711. The second-order valence-electron chi connectivity index (χ2n) is 7.93. The van der Waals surface area contributed by atoms with Crippen LogP contribution in [0.4, 0.5) is 0 Å². The van der Waals surface area contributed by atoms with Crippen LogP contribution < -0.4 is 0 Å². The van der Waals surface area contributed by atoms with Crippen LogP contribution in [0.5, 0.6) is 0 Å². The highest BCUT2D eigenvalue weighted by Gasteiger charge is 2.51. The van der Waals surface area contributed by atoms with Crippen molar-refractivity contribution in [1.29, 1.82) is 0 Å². The lowest BCUT2D eigenvalue weighted by Crippen LogP contribution is -2.36. The Bertz CT molecular complexity index is 556. The Morgan fingerprint density at radius 3 is 2.74 bits per heavy atom. The molecule has 4 unspecified atom stereocenters. The van der Waals surface area contributed by atoms with Crippen LogP contribution in [-0.4, -0.2) is 17.5 Å². The predicted octanol–water partition coefficient (Wildman–Crippen LogP) is 4.85. The molecule has 0 aromatic heterocycles. The lowest BCUT2D eigenvalue weighted by molar-refractivity contribution is -0.114. The maximum atomic E-state index is 12.6. The molecule has 2 aliphatic carbocycles. The van der Waals surface area contributed by atoms with Gasteiger partial charge in [-0.25, -0.2) is 0 Å². The summed E-state index contributed by atoms with van der Waals surface area (Å²) in [6, 6.07) is 0. The number of allylic oxidation sites excluding steroid dienone is 4. The Balaban J connectivity index is 2.45. The third-order valence-corrected chi connectivity index (χ3v) is 6.92. The Morgan fingerprint density at radius 1 is 1.52 bits per heavy atom. The van der Waals surface area contributed by atoms with E-state index in [1.54, 1.807) is 0 Å². The van der Waals surface area contributed by atoms with E-state index >= 15 is 0 Å². The molecule has 128 valence electrons. The van der Waals surface area contributed by atoms with Gasteiger partial charge in [0, 0.05) is 24.0 Å². The Hall–Kier alpha value is -1.15. The maximum Gasteiger partial charge on any atom is 0.159 e. The molecule has 0 aromatic rings. The smallest absolute Gasteiger partial charge is 0.159 e. The SMILES string of the molecule is C=CC(C)(CCO)C(C)C(=C)C12CCC(=O)C1=C(C)C(C)CC2. The van der Waals surface area contributed by atoms with E-state index in [1.807, 2.05) is 6.08 Å². The average Bonchev–Trinajstić information content (AvgIpc) is 2.88. The van der Waals surface area contributed by atoms with Gasteiger partial charge in [-0.05, 0) is 49.9 Å². The summed E-state index contributed by atoms with van der Waals surface area (Å²) < 4.78 is 0. The fraction of sp³-hybridized carbons (Fsp3) is 0.667. The van der Waals surface area contributed by atoms with E-state index in [0.717, 1.165) is 24.8 Å². The number of Topliss-reactive ketones (excluding diaryl/α,β-unsaturated/α-hetero) is 1. The first kappa shape index (κ1) is 18.2. The van der Waals surface area contributed by atoms with Gasteiger partial charge >= 0.3 is 0 Å². The number of carbonyl (C=O) groups is 1. The van der Waals surface area contributed by atoms with Crippen molar-refractivity contribution in [2.24, 2.45) is 22.7 Å². The summed E-state index contributed by atoms with van der Waals surface area (Å²) in [5.41, 5.74) is 3.17. The van der Waals surface area contributed by atoms with Crippen LogP contribution in [0.15, 0.2) is 36.0 Å². The van der Waals surface area contributed by atoms with Crippen molar-refractivity contribution in [3.63, 3.8) is 0 Å². The van der Waals surface area contributed by atoms with Gasteiger partial charge in [0.15, 0.2) is 5.78 Å². The van der Waals surface area contributed by atoms with Crippen molar-refractivity contribution < 1.29 is 9.90 Å². The van der Waals surface area contributed by atoms with Gasteiger partial charge in [0.1, 0.15) is 0 Å². The van der Waals surface area contributed by atoms with Crippen molar-refractivity contribution in [3.05, 3.63) is 36.0 Å². The van der Waals surface area contributed by atoms with Gasteiger partial charge in [-0.2, -0.15) is 0 Å². The van der Waals surface area contributed by atoms with Crippen LogP contribution >= 0.6 is 0 Å². The molecular formula is C21H32O2.